The second kappa shape index (κ2) is 8.10. The third-order valence-corrected chi connectivity index (χ3v) is 2.27. The molecule has 1 rings (SSSR count). The Morgan fingerprint density at radius 2 is 2.00 bits per heavy atom. The lowest BCUT2D eigenvalue weighted by atomic mass is 10.2. The third kappa shape index (κ3) is 5.95. The number of ether oxygens (including phenoxy) is 1. The fourth-order valence-corrected chi connectivity index (χ4v) is 1.35. The molecule has 0 aliphatic carbocycles. The molecule has 0 N–H and O–H groups in total. The molecule has 0 bridgehead atoms. The Morgan fingerprint density at radius 1 is 1.20 bits per heavy atom. The van der Waals surface area contributed by atoms with Gasteiger partial charge in [0.1, 0.15) is 0 Å². The van der Waals surface area contributed by atoms with Crippen LogP contribution in [-0.2, 0) is 11.2 Å². The Labute approximate surface area is 92.8 Å². The van der Waals surface area contributed by atoms with Gasteiger partial charge in [-0.05, 0) is 24.5 Å². The zero-order valence-corrected chi connectivity index (χ0v) is 9.49. The minimum Gasteiger partial charge on any atom is -0.501 e. The van der Waals surface area contributed by atoms with E-state index in [9.17, 15) is 0 Å². The van der Waals surface area contributed by atoms with E-state index in [0.29, 0.717) is 0 Å². The predicted octanol–water partition coefficient (Wildman–Crippen LogP) is 3.95. The number of hydrogen-bond acceptors (Lipinski definition) is 1. The molecule has 0 aromatic heterocycles. The molecular weight excluding hydrogens is 184 g/mol. The fraction of sp³-hybridized carbons (Fsp3) is 0.429. The summed E-state index contributed by atoms with van der Waals surface area (Å²) in [5, 5.41) is 0. The lowest BCUT2D eigenvalue weighted by molar-refractivity contribution is 0.252. The SMILES string of the molecule is CCCCC=COCCc1ccccc1. The number of allylic oxidation sites excluding steroid dienone is 1. The van der Waals surface area contributed by atoms with Crippen molar-refractivity contribution in [3.8, 4) is 0 Å². The summed E-state index contributed by atoms with van der Waals surface area (Å²) >= 11 is 0. The van der Waals surface area contributed by atoms with Crippen LogP contribution in [0.3, 0.4) is 0 Å². The monoisotopic (exact) mass is 204 g/mol. The van der Waals surface area contributed by atoms with Gasteiger partial charge in [-0.1, -0.05) is 43.7 Å². The van der Waals surface area contributed by atoms with Gasteiger partial charge in [-0.3, -0.25) is 0 Å². The third-order valence-electron chi connectivity index (χ3n) is 2.27. The molecule has 1 aromatic rings. The highest BCUT2D eigenvalue weighted by molar-refractivity contribution is 5.14. The van der Waals surface area contributed by atoms with E-state index in [1.54, 1.807) is 0 Å². The lowest BCUT2D eigenvalue weighted by Crippen LogP contribution is -1.92. The van der Waals surface area contributed by atoms with Crippen molar-refractivity contribution in [3.63, 3.8) is 0 Å². The van der Waals surface area contributed by atoms with Crippen molar-refractivity contribution in [2.75, 3.05) is 6.61 Å². The van der Waals surface area contributed by atoms with E-state index in [2.05, 4.69) is 37.3 Å². The molecule has 0 radical (unpaired) electrons. The van der Waals surface area contributed by atoms with Gasteiger partial charge < -0.3 is 4.74 Å². The van der Waals surface area contributed by atoms with E-state index in [-0.39, 0.29) is 0 Å². The van der Waals surface area contributed by atoms with E-state index in [0.717, 1.165) is 19.4 Å². The van der Waals surface area contributed by atoms with Gasteiger partial charge in [-0.25, -0.2) is 0 Å². The van der Waals surface area contributed by atoms with E-state index in [4.69, 9.17) is 4.74 Å². The lowest BCUT2D eigenvalue weighted by Gasteiger charge is -2.00. The molecule has 0 aliphatic rings. The molecule has 0 atom stereocenters. The quantitative estimate of drug-likeness (QED) is 0.482. The van der Waals surface area contributed by atoms with Crippen LogP contribution in [0.2, 0.25) is 0 Å². The molecule has 1 heteroatoms. The van der Waals surface area contributed by atoms with Crippen LogP contribution in [0.25, 0.3) is 0 Å². The minimum atomic E-state index is 0.770. The highest BCUT2D eigenvalue weighted by atomic mass is 16.5. The first-order valence-electron chi connectivity index (χ1n) is 5.74. The van der Waals surface area contributed by atoms with Gasteiger partial charge in [0.15, 0.2) is 0 Å². The van der Waals surface area contributed by atoms with Gasteiger partial charge in [0.05, 0.1) is 12.9 Å². The van der Waals surface area contributed by atoms with Crippen molar-refractivity contribution in [3.05, 3.63) is 48.2 Å². The summed E-state index contributed by atoms with van der Waals surface area (Å²) in [5.74, 6) is 0. The average molecular weight is 204 g/mol. The van der Waals surface area contributed by atoms with Crippen LogP contribution in [0.4, 0.5) is 0 Å². The fourth-order valence-electron chi connectivity index (χ4n) is 1.35. The minimum absolute atomic E-state index is 0.770. The summed E-state index contributed by atoms with van der Waals surface area (Å²) in [5.41, 5.74) is 1.33. The molecule has 0 saturated heterocycles. The normalized spacial score (nSPS) is 10.7. The highest BCUT2D eigenvalue weighted by Gasteiger charge is 1.89. The molecule has 0 spiro atoms. The number of benzene rings is 1. The predicted molar refractivity (Wildman–Crippen MR) is 64.8 cm³/mol. The highest BCUT2D eigenvalue weighted by Crippen LogP contribution is 2.00. The largest absolute Gasteiger partial charge is 0.501 e. The molecule has 1 nitrogen and oxygen atoms in total. The maximum absolute atomic E-state index is 5.40. The van der Waals surface area contributed by atoms with E-state index < -0.39 is 0 Å². The Bertz CT molecular complexity index is 264. The topological polar surface area (TPSA) is 9.23 Å². The van der Waals surface area contributed by atoms with Gasteiger partial charge in [0, 0.05) is 6.42 Å². The molecule has 82 valence electrons. The summed E-state index contributed by atoms with van der Waals surface area (Å²) in [4.78, 5) is 0. The van der Waals surface area contributed by atoms with E-state index in [1.807, 2.05) is 12.3 Å². The molecule has 0 saturated carbocycles. The van der Waals surface area contributed by atoms with Gasteiger partial charge in [-0.15, -0.1) is 0 Å². The first-order chi connectivity index (χ1) is 7.43. The van der Waals surface area contributed by atoms with Crippen molar-refractivity contribution in [1.29, 1.82) is 0 Å². The number of unbranched alkanes of at least 4 members (excludes halogenated alkanes) is 2. The Kier molecular flexibility index (Phi) is 6.39. The van der Waals surface area contributed by atoms with Crippen LogP contribution >= 0.6 is 0 Å². The summed E-state index contributed by atoms with van der Waals surface area (Å²) in [6.07, 6.45) is 8.54. The Balaban J connectivity index is 2.04. The van der Waals surface area contributed by atoms with Crippen LogP contribution in [0.1, 0.15) is 31.7 Å². The number of hydrogen-bond donors (Lipinski definition) is 0. The van der Waals surface area contributed by atoms with Crippen LogP contribution in [-0.4, -0.2) is 6.61 Å². The summed E-state index contributed by atoms with van der Waals surface area (Å²) in [6.45, 7) is 2.97. The van der Waals surface area contributed by atoms with Crippen molar-refractivity contribution in [2.45, 2.75) is 32.6 Å². The van der Waals surface area contributed by atoms with E-state index >= 15 is 0 Å². The van der Waals surface area contributed by atoms with Gasteiger partial charge in [0.2, 0.25) is 0 Å². The molecule has 0 fully saturated rings. The van der Waals surface area contributed by atoms with Crippen LogP contribution in [0.5, 0.6) is 0 Å². The standard InChI is InChI=1S/C14H20O/c1-2-3-4-8-12-15-13-11-14-9-6-5-7-10-14/h5-10,12H,2-4,11,13H2,1H3. The number of rotatable bonds is 7. The molecule has 0 heterocycles. The molecule has 1 aromatic carbocycles. The van der Waals surface area contributed by atoms with Gasteiger partial charge in [-0.2, -0.15) is 0 Å². The Morgan fingerprint density at radius 3 is 2.73 bits per heavy atom. The van der Waals surface area contributed by atoms with Crippen molar-refractivity contribution in [2.24, 2.45) is 0 Å². The maximum Gasteiger partial charge on any atom is 0.0913 e. The molecule has 0 aliphatic heterocycles. The van der Waals surface area contributed by atoms with Gasteiger partial charge >= 0.3 is 0 Å². The van der Waals surface area contributed by atoms with Crippen LogP contribution in [0.15, 0.2) is 42.7 Å². The molecule has 0 unspecified atom stereocenters. The molecule has 15 heavy (non-hydrogen) atoms. The zero-order valence-electron chi connectivity index (χ0n) is 9.49. The summed E-state index contributed by atoms with van der Waals surface area (Å²) in [7, 11) is 0. The average Bonchev–Trinajstić information content (AvgIpc) is 2.29. The maximum atomic E-state index is 5.40. The molecular formula is C14H20O. The van der Waals surface area contributed by atoms with Crippen molar-refractivity contribution in [1.82, 2.24) is 0 Å². The van der Waals surface area contributed by atoms with E-state index in [1.165, 1.54) is 18.4 Å². The summed E-state index contributed by atoms with van der Waals surface area (Å²) < 4.78 is 5.40. The second-order valence-electron chi connectivity index (χ2n) is 3.62. The van der Waals surface area contributed by atoms with Crippen LogP contribution < -0.4 is 0 Å². The first-order valence-corrected chi connectivity index (χ1v) is 5.74. The van der Waals surface area contributed by atoms with Crippen molar-refractivity contribution < 1.29 is 4.74 Å². The summed E-state index contributed by atoms with van der Waals surface area (Å²) in [6, 6.07) is 10.4. The Hall–Kier alpha value is -1.24. The van der Waals surface area contributed by atoms with Crippen LogP contribution in [0, 0.1) is 0 Å². The molecule has 0 amide bonds. The smallest absolute Gasteiger partial charge is 0.0913 e. The zero-order chi connectivity index (χ0) is 10.8. The second-order valence-corrected chi connectivity index (χ2v) is 3.62. The van der Waals surface area contributed by atoms with Gasteiger partial charge in [0.25, 0.3) is 0 Å². The van der Waals surface area contributed by atoms with Crippen molar-refractivity contribution >= 4 is 0 Å². The first kappa shape index (κ1) is 11.8.